The Bertz CT molecular complexity index is 345. The Hall–Kier alpha value is -0.820. The van der Waals surface area contributed by atoms with Gasteiger partial charge in [-0.25, -0.2) is 0 Å². The van der Waals surface area contributed by atoms with Gasteiger partial charge < -0.3 is 5.11 Å². The van der Waals surface area contributed by atoms with Crippen LogP contribution in [0.4, 0.5) is 0 Å². The second-order valence-corrected chi connectivity index (χ2v) is 4.86. The number of fused-ring (bicyclic) bond motifs is 1. The van der Waals surface area contributed by atoms with Gasteiger partial charge in [-0.15, -0.1) is 0 Å². The molecule has 1 nitrogen and oxygen atoms in total. The van der Waals surface area contributed by atoms with Gasteiger partial charge >= 0.3 is 0 Å². The number of hydrogen-bond acceptors (Lipinski definition) is 1. The minimum atomic E-state index is -0.469. The lowest BCUT2D eigenvalue weighted by molar-refractivity contribution is -0.0252. The molecule has 1 N–H and O–H groups in total. The standard InChI is InChI=1S/C14H20O/c1-3-11(2)14(15)9-8-12-6-4-5-7-13(12)10-14/h4-7,11,15H,3,8-10H2,1-2H3. The van der Waals surface area contributed by atoms with Crippen LogP contribution in [0.2, 0.25) is 0 Å². The van der Waals surface area contributed by atoms with Crippen LogP contribution in [0.25, 0.3) is 0 Å². The molecule has 0 aliphatic heterocycles. The van der Waals surface area contributed by atoms with E-state index in [-0.39, 0.29) is 0 Å². The second-order valence-electron chi connectivity index (χ2n) is 4.86. The van der Waals surface area contributed by atoms with Crippen LogP contribution in [0.3, 0.4) is 0 Å². The zero-order valence-electron chi connectivity index (χ0n) is 9.66. The van der Waals surface area contributed by atoms with Crippen molar-refractivity contribution in [2.75, 3.05) is 0 Å². The van der Waals surface area contributed by atoms with Crippen molar-refractivity contribution in [3.05, 3.63) is 35.4 Å². The van der Waals surface area contributed by atoms with Gasteiger partial charge in [-0.3, -0.25) is 0 Å². The molecule has 2 unspecified atom stereocenters. The highest BCUT2D eigenvalue weighted by molar-refractivity contribution is 5.31. The average Bonchev–Trinajstić information content (AvgIpc) is 2.27. The summed E-state index contributed by atoms with van der Waals surface area (Å²) in [7, 11) is 0. The van der Waals surface area contributed by atoms with Crippen molar-refractivity contribution < 1.29 is 5.11 Å². The van der Waals surface area contributed by atoms with E-state index in [1.54, 1.807) is 0 Å². The Labute approximate surface area is 92.1 Å². The van der Waals surface area contributed by atoms with Gasteiger partial charge in [0.25, 0.3) is 0 Å². The number of aliphatic hydroxyl groups is 1. The molecule has 82 valence electrons. The van der Waals surface area contributed by atoms with Crippen molar-refractivity contribution in [1.82, 2.24) is 0 Å². The topological polar surface area (TPSA) is 20.2 Å². The Kier molecular flexibility index (Phi) is 2.83. The molecule has 0 saturated heterocycles. The van der Waals surface area contributed by atoms with Crippen LogP contribution in [-0.4, -0.2) is 10.7 Å². The van der Waals surface area contributed by atoms with Crippen molar-refractivity contribution in [3.63, 3.8) is 0 Å². The van der Waals surface area contributed by atoms with E-state index in [1.165, 1.54) is 11.1 Å². The lowest BCUT2D eigenvalue weighted by Gasteiger charge is -2.38. The molecule has 0 bridgehead atoms. The lowest BCUT2D eigenvalue weighted by Crippen LogP contribution is -2.41. The summed E-state index contributed by atoms with van der Waals surface area (Å²) in [4.78, 5) is 0. The van der Waals surface area contributed by atoms with E-state index in [9.17, 15) is 5.11 Å². The molecule has 1 aromatic carbocycles. The fourth-order valence-corrected chi connectivity index (χ4v) is 2.54. The van der Waals surface area contributed by atoms with E-state index in [0.717, 1.165) is 25.7 Å². The number of benzene rings is 1. The molecule has 1 heteroatoms. The fraction of sp³-hybridized carbons (Fsp3) is 0.571. The highest BCUT2D eigenvalue weighted by atomic mass is 16.3. The molecule has 2 rings (SSSR count). The first-order valence-electron chi connectivity index (χ1n) is 5.95. The van der Waals surface area contributed by atoms with E-state index in [1.807, 2.05) is 0 Å². The molecule has 0 fully saturated rings. The summed E-state index contributed by atoms with van der Waals surface area (Å²) >= 11 is 0. The zero-order valence-corrected chi connectivity index (χ0v) is 9.66. The van der Waals surface area contributed by atoms with Gasteiger partial charge in [0.15, 0.2) is 0 Å². The Morgan fingerprint density at radius 1 is 1.33 bits per heavy atom. The van der Waals surface area contributed by atoms with Gasteiger partial charge in [-0.1, -0.05) is 44.5 Å². The van der Waals surface area contributed by atoms with Crippen LogP contribution in [0, 0.1) is 5.92 Å². The first kappa shape index (κ1) is 10.7. The predicted octanol–water partition coefficient (Wildman–Crippen LogP) is 2.95. The van der Waals surface area contributed by atoms with Crippen LogP contribution in [0.15, 0.2) is 24.3 Å². The van der Waals surface area contributed by atoms with E-state index < -0.39 is 5.60 Å². The monoisotopic (exact) mass is 204 g/mol. The first-order valence-corrected chi connectivity index (χ1v) is 5.95. The smallest absolute Gasteiger partial charge is 0.0716 e. The Balaban J connectivity index is 2.24. The van der Waals surface area contributed by atoms with Gasteiger partial charge in [0.1, 0.15) is 0 Å². The summed E-state index contributed by atoms with van der Waals surface area (Å²) in [6.45, 7) is 4.32. The zero-order chi connectivity index (χ0) is 10.9. The molecule has 1 aliphatic carbocycles. The third-order valence-electron chi connectivity index (χ3n) is 3.97. The van der Waals surface area contributed by atoms with Crippen molar-refractivity contribution in [3.8, 4) is 0 Å². The Morgan fingerprint density at radius 3 is 2.67 bits per heavy atom. The number of hydrogen-bond donors (Lipinski definition) is 1. The van der Waals surface area contributed by atoms with E-state index in [2.05, 4.69) is 38.1 Å². The number of aryl methyl sites for hydroxylation is 1. The molecular formula is C14H20O. The average molecular weight is 204 g/mol. The van der Waals surface area contributed by atoms with Gasteiger partial charge in [-0.2, -0.15) is 0 Å². The third-order valence-corrected chi connectivity index (χ3v) is 3.97. The summed E-state index contributed by atoms with van der Waals surface area (Å²) in [5.41, 5.74) is 2.29. The lowest BCUT2D eigenvalue weighted by atomic mass is 9.73. The molecule has 0 amide bonds. The summed E-state index contributed by atoms with van der Waals surface area (Å²) < 4.78 is 0. The quantitative estimate of drug-likeness (QED) is 0.785. The SMILES string of the molecule is CCC(C)C1(O)CCc2ccccc2C1. The summed E-state index contributed by atoms with van der Waals surface area (Å²) in [6.07, 6.45) is 3.83. The van der Waals surface area contributed by atoms with Crippen molar-refractivity contribution >= 4 is 0 Å². The fourth-order valence-electron chi connectivity index (χ4n) is 2.54. The van der Waals surface area contributed by atoms with Crippen LogP contribution in [0.5, 0.6) is 0 Å². The number of rotatable bonds is 2. The van der Waals surface area contributed by atoms with Gasteiger partial charge in [0, 0.05) is 6.42 Å². The highest BCUT2D eigenvalue weighted by Crippen LogP contribution is 2.35. The minimum absolute atomic E-state index is 0.394. The molecule has 0 saturated carbocycles. The molecule has 0 aromatic heterocycles. The molecule has 1 aliphatic rings. The van der Waals surface area contributed by atoms with Crippen molar-refractivity contribution in [2.45, 2.75) is 45.1 Å². The third kappa shape index (κ3) is 1.93. The van der Waals surface area contributed by atoms with Crippen molar-refractivity contribution in [2.24, 2.45) is 5.92 Å². The van der Waals surface area contributed by atoms with Crippen LogP contribution >= 0.6 is 0 Å². The predicted molar refractivity (Wildman–Crippen MR) is 62.9 cm³/mol. The molecule has 0 spiro atoms. The van der Waals surface area contributed by atoms with E-state index >= 15 is 0 Å². The molecule has 0 radical (unpaired) electrons. The molecule has 2 atom stereocenters. The van der Waals surface area contributed by atoms with Crippen molar-refractivity contribution in [1.29, 1.82) is 0 Å². The summed E-state index contributed by atoms with van der Waals surface area (Å²) in [5.74, 6) is 0.394. The summed E-state index contributed by atoms with van der Waals surface area (Å²) in [6, 6.07) is 8.50. The van der Waals surface area contributed by atoms with Crippen LogP contribution in [0.1, 0.15) is 37.8 Å². The molecular weight excluding hydrogens is 184 g/mol. The molecule has 1 aromatic rings. The Morgan fingerprint density at radius 2 is 2.00 bits per heavy atom. The van der Waals surface area contributed by atoms with E-state index in [0.29, 0.717) is 5.92 Å². The molecule has 15 heavy (non-hydrogen) atoms. The molecule has 0 heterocycles. The van der Waals surface area contributed by atoms with Crippen LogP contribution in [-0.2, 0) is 12.8 Å². The maximum absolute atomic E-state index is 10.6. The van der Waals surface area contributed by atoms with Gasteiger partial charge in [0.2, 0.25) is 0 Å². The van der Waals surface area contributed by atoms with Gasteiger partial charge in [-0.05, 0) is 29.9 Å². The van der Waals surface area contributed by atoms with Gasteiger partial charge in [0.05, 0.1) is 5.60 Å². The maximum atomic E-state index is 10.6. The first-order chi connectivity index (χ1) is 7.15. The second kappa shape index (κ2) is 3.97. The van der Waals surface area contributed by atoms with Crippen LogP contribution < -0.4 is 0 Å². The maximum Gasteiger partial charge on any atom is 0.0716 e. The van der Waals surface area contributed by atoms with E-state index in [4.69, 9.17) is 0 Å². The minimum Gasteiger partial charge on any atom is -0.389 e. The summed E-state index contributed by atoms with van der Waals surface area (Å²) in [5, 5.41) is 10.6. The highest BCUT2D eigenvalue weighted by Gasteiger charge is 2.35. The largest absolute Gasteiger partial charge is 0.389 e. The normalized spacial score (nSPS) is 27.1.